The van der Waals surface area contributed by atoms with Crippen LogP contribution in [0, 0.1) is 18.8 Å². The number of aromatic nitrogens is 2. The highest BCUT2D eigenvalue weighted by Gasteiger charge is 2.40. The maximum Gasteiger partial charge on any atom is 0.277 e. The lowest BCUT2D eigenvalue weighted by atomic mass is 9.72. The average molecular weight is 391 g/mol. The third kappa shape index (κ3) is 2.73. The number of carbonyl (C=O) groups is 1. The number of hydrogen-bond donors (Lipinski definition) is 2. The van der Waals surface area contributed by atoms with E-state index in [9.17, 15) is 9.90 Å². The Labute approximate surface area is 165 Å². The molecule has 1 aromatic carbocycles. The summed E-state index contributed by atoms with van der Waals surface area (Å²) in [6, 6.07) is 7.71. The first-order valence-corrected chi connectivity index (χ1v) is 9.89. The van der Waals surface area contributed by atoms with Gasteiger partial charge in [0.25, 0.3) is 5.91 Å². The molecule has 2 heterocycles. The topological polar surface area (TPSA) is 102 Å². The fraction of sp³-hybridized carbons (Fsp3) is 0.286. The zero-order chi connectivity index (χ0) is 19.4. The van der Waals surface area contributed by atoms with Gasteiger partial charge in [-0.1, -0.05) is 23.1 Å². The third-order valence-electron chi connectivity index (χ3n) is 5.40. The Balaban J connectivity index is 1.54. The number of amides is 1. The predicted molar refractivity (Wildman–Crippen MR) is 104 cm³/mol. The van der Waals surface area contributed by atoms with Gasteiger partial charge in [0.05, 0.1) is 5.69 Å². The second-order valence-electron chi connectivity index (χ2n) is 7.30. The number of thiazole rings is 1. The molecule has 1 unspecified atom stereocenters. The molecule has 3 aliphatic rings. The molecule has 1 saturated carbocycles. The highest BCUT2D eigenvalue weighted by molar-refractivity contribution is 7.14. The van der Waals surface area contributed by atoms with Gasteiger partial charge in [-0.05, 0) is 49.3 Å². The van der Waals surface area contributed by atoms with Gasteiger partial charge < -0.3 is 15.4 Å². The molecule has 2 aromatic heterocycles. The first kappa shape index (κ1) is 17.2. The fourth-order valence-electron chi connectivity index (χ4n) is 3.93. The summed E-state index contributed by atoms with van der Waals surface area (Å²) in [6.45, 7) is 1.76. The van der Waals surface area contributed by atoms with E-state index in [1.54, 1.807) is 13.0 Å². The Hall–Kier alpha value is -2.95. The Kier molecular flexibility index (Phi) is 3.86. The van der Waals surface area contributed by atoms with Crippen LogP contribution in [-0.4, -0.2) is 21.2 Å². The summed E-state index contributed by atoms with van der Waals surface area (Å²) in [5.74, 6) is 6.93. The monoisotopic (exact) mass is 391 g/mol. The molecule has 0 radical (unpaired) electrons. The predicted octanol–water partition coefficient (Wildman–Crippen LogP) is 3.27. The van der Waals surface area contributed by atoms with Gasteiger partial charge in [-0.3, -0.25) is 4.79 Å². The van der Waals surface area contributed by atoms with Crippen LogP contribution in [0.2, 0.25) is 0 Å². The molecule has 28 heavy (non-hydrogen) atoms. The summed E-state index contributed by atoms with van der Waals surface area (Å²) in [4.78, 5) is 17.3. The van der Waals surface area contributed by atoms with E-state index in [0.29, 0.717) is 28.3 Å². The highest BCUT2D eigenvalue weighted by atomic mass is 32.1. The Morgan fingerprint density at radius 3 is 2.89 bits per heavy atom. The van der Waals surface area contributed by atoms with E-state index in [4.69, 9.17) is 10.3 Å². The SMILES string of the molecule is Cc1cc(C(O)C#Cc2ccc3c(c2)-c2nc(C(N)=O)sc2C2CC3C2)no1. The number of hydrogen-bond acceptors (Lipinski definition) is 6. The van der Waals surface area contributed by atoms with Crippen molar-refractivity contribution in [3.8, 4) is 23.1 Å². The summed E-state index contributed by atoms with van der Waals surface area (Å²) >= 11 is 1.41. The highest BCUT2D eigenvalue weighted by Crippen LogP contribution is 2.56. The van der Waals surface area contributed by atoms with Crippen LogP contribution in [0.4, 0.5) is 0 Å². The van der Waals surface area contributed by atoms with Gasteiger partial charge >= 0.3 is 0 Å². The second-order valence-corrected chi connectivity index (χ2v) is 8.33. The van der Waals surface area contributed by atoms with Crippen LogP contribution in [0.25, 0.3) is 11.3 Å². The number of aliphatic hydroxyl groups is 1. The largest absolute Gasteiger partial charge is 0.374 e. The molecule has 3 N–H and O–H groups in total. The third-order valence-corrected chi connectivity index (χ3v) is 6.63. The molecule has 0 saturated heterocycles. The first-order chi connectivity index (χ1) is 13.5. The van der Waals surface area contributed by atoms with Gasteiger partial charge in [0.2, 0.25) is 0 Å². The number of benzene rings is 1. The molecule has 1 atom stereocenters. The van der Waals surface area contributed by atoms with Crippen LogP contribution in [0.5, 0.6) is 0 Å². The van der Waals surface area contributed by atoms with Crippen molar-refractivity contribution in [2.75, 3.05) is 0 Å². The number of carbonyl (C=O) groups excluding carboxylic acids is 1. The molecule has 0 spiro atoms. The van der Waals surface area contributed by atoms with Gasteiger partial charge in [-0.15, -0.1) is 11.3 Å². The molecule has 6 rings (SSSR count). The summed E-state index contributed by atoms with van der Waals surface area (Å²) in [5.41, 5.74) is 9.75. The Morgan fingerprint density at radius 1 is 1.36 bits per heavy atom. The van der Waals surface area contributed by atoms with Gasteiger partial charge in [0.15, 0.2) is 11.1 Å². The quantitative estimate of drug-likeness (QED) is 0.653. The second kappa shape index (κ2) is 6.30. The maximum atomic E-state index is 11.6. The van der Waals surface area contributed by atoms with Crippen molar-refractivity contribution in [1.29, 1.82) is 0 Å². The van der Waals surface area contributed by atoms with E-state index in [0.717, 1.165) is 34.5 Å². The standard InChI is InChI=1S/C21H17N3O3S/c1-10-6-16(24-27-10)17(25)5-3-11-2-4-14-12-8-13(9-12)19-18(15(14)7-11)23-21(28-19)20(22)26/h2,4,6-7,12-13,17,25H,8-9H2,1H3,(H2,22,26). The van der Waals surface area contributed by atoms with E-state index in [1.165, 1.54) is 16.9 Å². The van der Waals surface area contributed by atoms with Crippen molar-refractivity contribution >= 4 is 17.2 Å². The van der Waals surface area contributed by atoms with Crippen LogP contribution in [-0.2, 0) is 0 Å². The number of aryl methyl sites for hydroxylation is 1. The molecular formula is C21H17N3O3S. The summed E-state index contributed by atoms with van der Waals surface area (Å²) in [5, 5.41) is 14.3. The van der Waals surface area contributed by atoms with E-state index < -0.39 is 12.0 Å². The van der Waals surface area contributed by atoms with Crippen LogP contribution < -0.4 is 5.73 Å². The van der Waals surface area contributed by atoms with Crippen LogP contribution in [0.1, 0.15) is 68.0 Å². The minimum absolute atomic E-state index is 0.356. The van der Waals surface area contributed by atoms with Gasteiger partial charge in [0.1, 0.15) is 11.5 Å². The number of aliphatic hydroxyl groups excluding tert-OH is 1. The molecule has 2 bridgehead atoms. The summed E-state index contributed by atoms with van der Waals surface area (Å²) in [7, 11) is 0. The number of nitrogens with two attached hydrogens (primary N) is 1. The van der Waals surface area contributed by atoms with Crippen molar-refractivity contribution in [2.24, 2.45) is 5.73 Å². The van der Waals surface area contributed by atoms with Crippen molar-refractivity contribution in [3.63, 3.8) is 0 Å². The molecule has 7 heteroatoms. The lowest BCUT2D eigenvalue weighted by molar-refractivity contribution is 0.1000. The molecule has 6 nitrogen and oxygen atoms in total. The first-order valence-electron chi connectivity index (χ1n) is 9.07. The van der Waals surface area contributed by atoms with Gasteiger partial charge in [0, 0.05) is 22.1 Å². The maximum absolute atomic E-state index is 11.6. The van der Waals surface area contributed by atoms with Crippen molar-refractivity contribution in [2.45, 2.75) is 37.7 Å². The molecule has 140 valence electrons. The fourth-order valence-corrected chi connectivity index (χ4v) is 4.99. The molecule has 3 aromatic rings. The molecule has 0 aliphatic heterocycles. The lowest BCUT2D eigenvalue weighted by Crippen LogP contribution is -2.17. The minimum Gasteiger partial charge on any atom is -0.374 e. The van der Waals surface area contributed by atoms with Crippen LogP contribution >= 0.6 is 11.3 Å². The Bertz CT molecular complexity index is 1160. The van der Waals surface area contributed by atoms with Crippen molar-refractivity contribution in [1.82, 2.24) is 10.1 Å². The zero-order valence-electron chi connectivity index (χ0n) is 15.1. The van der Waals surface area contributed by atoms with E-state index >= 15 is 0 Å². The summed E-state index contributed by atoms with van der Waals surface area (Å²) < 4.78 is 4.98. The van der Waals surface area contributed by atoms with Crippen molar-refractivity contribution < 1.29 is 14.4 Å². The normalized spacial score (nSPS) is 20.1. The lowest BCUT2D eigenvalue weighted by Gasteiger charge is -2.33. The minimum atomic E-state index is -1.01. The van der Waals surface area contributed by atoms with E-state index in [-0.39, 0.29) is 0 Å². The van der Waals surface area contributed by atoms with E-state index in [2.05, 4.69) is 28.0 Å². The van der Waals surface area contributed by atoms with Gasteiger partial charge in [-0.25, -0.2) is 4.98 Å². The van der Waals surface area contributed by atoms with Crippen LogP contribution in [0.3, 0.4) is 0 Å². The average Bonchev–Trinajstić information content (AvgIpc) is 3.21. The number of primary amides is 1. The van der Waals surface area contributed by atoms with Gasteiger partial charge in [-0.2, -0.15) is 0 Å². The molecular weight excluding hydrogens is 374 g/mol. The zero-order valence-corrected chi connectivity index (χ0v) is 15.9. The molecule has 1 amide bonds. The van der Waals surface area contributed by atoms with Crippen molar-refractivity contribution in [3.05, 3.63) is 56.7 Å². The molecule has 1 fully saturated rings. The summed E-state index contributed by atoms with van der Waals surface area (Å²) in [6.07, 6.45) is 1.14. The van der Waals surface area contributed by atoms with E-state index in [1.807, 2.05) is 12.1 Å². The smallest absolute Gasteiger partial charge is 0.277 e. The van der Waals surface area contributed by atoms with Crippen LogP contribution in [0.15, 0.2) is 28.8 Å². The molecule has 3 aliphatic carbocycles. The number of rotatable bonds is 2. The Morgan fingerprint density at radius 2 is 2.18 bits per heavy atom. The number of nitrogens with zero attached hydrogens (tertiary/aromatic N) is 2.